The summed E-state index contributed by atoms with van der Waals surface area (Å²) in [5.74, 6) is 0.0421. The second-order valence-corrected chi connectivity index (χ2v) is 4.56. The van der Waals surface area contributed by atoms with Gasteiger partial charge >= 0.3 is 5.97 Å². The Morgan fingerprint density at radius 2 is 2.31 bits per heavy atom. The molecule has 2 aliphatic rings. The van der Waals surface area contributed by atoms with E-state index in [1.165, 1.54) is 6.42 Å². The van der Waals surface area contributed by atoms with E-state index in [-0.39, 0.29) is 12.2 Å². The van der Waals surface area contributed by atoms with Gasteiger partial charge in [-0.15, -0.1) is 0 Å². The second kappa shape index (κ2) is 4.97. The Labute approximate surface area is 95.2 Å². The lowest BCUT2D eigenvalue weighted by Gasteiger charge is -2.18. The number of hydrogen-bond acceptors (Lipinski definition) is 4. The second-order valence-electron chi connectivity index (χ2n) is 4.56. The fraction of sp³-hybridized carbons (Fsp3) is 0.750. The number of rotatable bonds is 5. The molecule has 0 aromatic rings. The number of fused-ring (bicyclic) bond motifs is 2. The summed E-state index contributed by atoms with van der Waals surface area (Å²) in [6.45, 7) is 3.47. The van der Waals surface area contributed by atoms with Crippen LogP contribution < -0.4 is 0 Å². The Hall–Kier alpha value is -0.870. The van der Waals surface area contributed by atoms with Crippen LogP contribution in [0.25, 0.3) is 0 Å². The first kappa shape index (κ1) is 11.6. The van der Waals surface area contributed by atoms with Crippen molar-refractivity contribution >= 4 is 5.97 Å². The molecule has 2 rings (SSSR count). The normalized spacial score (nSPS) is 31.7. The van der Waals surface area contributed by atoms with Crippen molar-refractivity contribution in [1.29, 1.82) is 0 Å². The van der Waals surface area contributed by atoms with Crippen molar-refractivity contribution in [3.8, 4) is 0 Å². The molecule has 0 aromatic heterocycles. The van der Waals surface area contributed by atoms with Crippen LogP contribution >= 0.6 is 0 Å². The minimum atomic E-state index is -0.494. The van der Waals surface area contributed by atoms with Crippen molar-refractivity contribution in [2.24, 2.45) is 5.92 Å². The zero-order valence-electron chi connectivity index (χ0n) is 9.35. The van der Waals surface area contributed by atoms with Crippen LogP contribution in [0.3, 0.4) is 0 Å². The maximum atomic E-state index is 11.2. The molecule has 0 radical (unpaired) electrons. The summed E-state index contributed by atoms with van der Waals surface area (Å²) in [4.78, 5) is 11.2. The highest BCUT2D eigenvalue weighted by Gasteiger charge is 2.40. The van der Waals surface area contributed by atoms with Crippen molar-refractivity contribution in [3.05, 3.63) is 12.2 Å². The van der Waals surface area contributed by atoms with Gasteiger partial charge in [0, 0.05) is 0 Å². The number of carbonyl (C=O) groups excluding carboxylic acids is 1. The van der Waals surface area contributed by atoms with E-state index in [2.05, 4.69) is 6.58 Å². The van der Waals surface area contributed by atoms with Gasteiger partial charge in [-0.3, -0.25) is 0 Å². The van der Waals surface area contributed by atoms with Crippen LogP contribution in [0, 0.1) is 5.92 Å². The van der Waals surface area contributed by atoms with Gasteiger partial charge in [0.05, 0.1) is 31.0 Å². The van der Waals surface area contributed by atoms with Gasteiger partial charge in [-0.2, -0.15) is 0 Å². The van der Waals surface area contributed by atoms with Crippen molar-refractivity contribution in [2.45, 2.75) is 37.9 Å². The van der Waals surface area contributed by atoms with Crippen LogP contribution in [-0.4, -0.2) is 36.5 Å². The van der Waals surface area contributed by atoms with Crippen LogP contribution in [0.15, 0.2) is 12.2 Å². The molecule has 2 fully saturated rings. The van der Waals surface area contributed by atoms with Crippen LogP contribution in [0.4, 0.5) is 0 Å². The lowest BCUT2D eigenvalue weighted by molar-refractivity contribution is -0.139. The number of hydrogen-bond donors (Lipinski definition) is 1. The minimum Gasteiger partial charge on any atom is -0.462 e. The van der Waals surface area contributed by atoms with E-state index in [0.717, 1.165) is 19.3 Å². The van der Waals surface area contributed by atoms with Crippen molar-refractivity contribution in [1.82, 2.24) is 0 Å². The standard InChI is InChI=1S/C12H18O4/c1-8(7-13)12(14)15-5-4-9-6-10-2-3-11(9)16-10/h9-11,13H,1-7H2. The zero-order chi connectivity index (χ0) is 11.5. The monoisotopic (exact) mass is 226 g/mol. The van der Waals surface area contributed by atoms with E-state index in [1.54, 1.807) is 0 Å². The summed E-state index contributed by atoms with van der Waals surface area (Å²) in [6.07, 6.45) is 5.10. The summed E-state index contributed by atoms with van der Waals surface area (Å²) in [6, 6.07) is 0. The fourth-order valence-corrected chi connectivity index (χ4v) is 2.52. The highest BCUT2D eigenvalue weighted by Crippen LogP contribution is 2.40. The molecule has 3 unspecified atom stereocenters. The molecule has 90 valence electrons. The molecule has 0 aliphatic carbocycles. The first-order chi connectivity index (χ1) is 7.70. The molecule has 4 heteroatoms. The predicted molar refractivity (Wildman–Crippen MR) is 57.8 cm³/mol. The summed E-state index contributed by atoms with van der Waals surface area (Å²) in [5.41, 5.74) is 0.115. The van der Waals surface area contributed by atoms with Crippen LogP contribution in [-0.2, 0) is 14.3 Å². The van der Waals surface area contributed by atoms with Gasteiger partial charge in [0.2, 0.25) is 0 Å². The van der Waals surface area contributed by atoms with Gasteiger partial charge in [0.25, 0.3) is 0 Å². The average Bonchev–Trinajstić information content (AvgIpc) is 2.89. The van der Waals surface area contributed by atoms with Crippen molar-refractivity contribution in [3.63, 3.8) is 0 Å². The molecule has 16 heavy (non-hydrogen) atoms. The molecule has 0 saturated carbocycles. The SMILES string of the molecule is C=C(CO)C(=O)OCCC1CC2CCC1O2. The van der Waals surface area contributed by atoms with Gasteiger partial charge in [-0.1, -0.05) is 6.58 Å². The molecule has 2 heterocycles. The van der Waals surface area contributed by atoms with Crippen LogP contribution in [0.1, 0.15) is 25.7 Å². The fourth-order valence-electron chi connectivity index (χ4n) is 2.52. The smallest absolute Gasteiger partial charge is 0.335 e. The molecule has 0 amide bonds. The Balaban J connectivity index is 1.65. The van der Waals surface area contributed by atoms with Gasteiger partial charge in [0.1, 0.15) is 0 Å². The molecule has 2 aliphatic heterocycles. The average molecular weight is 226 g/mol. The highest BCUT2D eigenvalue weighted by molar-refractivity contribution is 5.87. The van der Waals surface area contributed by atoms with E-state index in [1.807, 2.05) is 0 Å². The molecule has 2 saturated heterocycles. The number of aliphatic hydroxyl groups excluding tert-OH is 1. The molecular formula is C12H18O4. The van der Waals surface area contributed by atoms with Gasteiger partial charge in [0.15, 0.2) is 0 Å². The van der Waals surface area contributed by atoms with E-state index in [4.69, 9.17) is 14.6 Å². The maximum Gasteiger partial charge on any atom is 0.335 e. The number of esters is 1. The summed E-state index contributed by atoms with van der Waals surface area (Å²) in [5, 5.41) is 8.68. The van der Waals surface area contributed by atoms with Gasteiger partial charge in [-0.25, -0.2) is 4.79 Å². The third-order valence-electron chi connectivity index (χ3n) is 3.43. The largest absolute Gasteiger partial charge is 0.462 e. The van der Waals surface area contributed by atoms with Gasteiger partial charge in [-0.05, 0) is 31.6 Å². The molecular weight excluding hydrogens is 208 g/mol. The Kier molecular flexibility index (Phi) is 3.61. The minimum absolute atomic E-state index is 0.115. The Morgan fingerprint density at radius 3 is 2.88 bits per heavy atom. The predicted octanol–water partition coefficient (Wildman–Crippen LogP) is 1.04. The van der Waals surface area contributed by atoms with Gasteiger partial charge < -0.3 is 14.6 Å². The van der Waals surface area contributed by atoms with Crippen molar-refractivity contribution in [2.75, 3.05) is 13.2 Å². The third-order valence-corrected chi connectivity index (χ3v) is 3.43. The lowest BCUT2D eigenvalue weighted by Crippen LogP contribution is -2.19. The van der Waals surface area contributed by atoms with Crippen LogP contribution in [0.5, 0.6) is 0 Å². The Bertz CT molecular complexity index is 287. The van der Waals surface area contributed by atoms with E-state index in [9.17, 15) is 4.79 Å². The van der Waals surface area contributed by atoms with Crippen molar-refractivity contribution < 1.29 is 19.4 Å². The summed E-state index contributed by atoms with van der Waals surface area (Å²) < 4.78 is 10.7. The van der Waals surface area contributed by atoms with E-state index < -0.39 is 5.97 Å². The molecule has 2 bridgehead atoms. The quantitative estimate of drug-likeness (QED) is 0.562. The third kappa shape index (κ3) is 2.44. The Morgan fingerprint density at radius 1 is 1.50 bits per heavy atom. The lowest BCUT2D eigenvalue weighted by atomic mass is 9.87. The topological polar surface area (TPSA) is 55.8 Å². The first-order valence-corrected chi connectivity index (χ1v) is 5.82. The van der Waals surface area contributed by atoms with Crippen LogP contribution in [0.2, 0.25) is 0 Å². The highest BCUT2D eigenvalue weighted by atomic mass is 16.5. The zero-order valence-corrected chi connectivity index (χ0v) is 9.35. The first-order valence-electron chi connectivity index (χ1n) is 5.82. The van der Waals surface area contributed by atoms with E-state index >= 15 is 0 Å². The molecule has 3 atom stereocenters. The molecule has 0 spiro atoms. The molecule has 0 aromatic carbocycles. The molecule has 1 N–H and O–H groups in total. The summed E-state index contributed by atoms with van der Waals surface area (Å²) >= 11 is 0. The number of aliphatic hydroxyl groups is 1. The summed E-state index contributed by atoms with van der Waals surface area (Å²) in [7, 11) is 0. The number of carbonyl (C=O) groups is 1. The molecule has 4 nitrogen and oxygen atoms in total. The van der Waals surface area contributed by atoms with E-state index in [0.29, 0.717) is 24.7 Å². The number of ether oxygens (including phenoxy) is 2. The maximum absolute atomic E-state index is 11.2.